The summed E-state index contributed by atoms with van der Waals surface area (Å²) in [5.74, 6) is 1.78. The van der Waals surface area contributed by atoms with E-state index in [1.165, 1.54) is 22.5 Å². The molecule has 0 bridgehead atoms. The van der Waals surface area contributed by atoms with E-state index in [2.05, 4.69) is 56.8 Å². The maximum atomic E-state index is 13.4. The van der Waals surface area contributed by atoms with Gasteiger partial charge in [-0.25, -0.2) is 4.98 Å². The Morgan fingerprint density at radius 3 is 2.45 bits per heavy atom. The van der Waals surface area contributed by atoms with Crippen LogP contribution in [0.1, 0.15) is 24.0 Å². The highest BCUT2D eigenvalue weighted by molar-refractivity contribution is 7.99. The molecule has 0 fully saturated rings. The highest BCUT2D eigenvalue weighted by Gasteiger charge is 2.17. The molecule has 0 radical (unpaired) electrons. The number of unbranched alkanes of at least 4 members (excludes halogenated alkanes) is 1. The number of fused-ring (bicyclic) bond motifs is 1. The van der Waals surface area contributed by atoms with E-state index in [0.29, 0.717) is 18.5 Å². The highest BCUT2D eigenvalue weighted by Crippen LogP contribution is 2.32. The van der Waals surface area contributed by atoms with Crippen LogP contribution in [-0.2, 0) is 6.54 Å². The number of benzene rings is 2. The molecule has 0 spiro atoms. The summed E-state index contributed by atoms with van der Waals surface area (Å²) < 4.78 is 7.56. The first kappa shape index (κ1) is 23.3. The first-order chi connectivity index (χ1) is 16.1. The second kappa shape index (κ2) is 10.9. The van der Waals surface area contributed by atoms with Crippen molar-refractivity contribution in [3.8, 4) is 16.9 Å². The van der Waals surface area contributed by atoms with Crippen LogP contribution < -0.4 is 10.3 Å². The van der Waals surface area contributed by atoms with E-state index in [0.717, 1.165) is 45.5 Å². The van der Waals surface area contributed by atoms with Gasteiger partial charge in [-0.3, -0.25) is 9.36 Å². The molecular formula is C27H28N2O2S2. The molecule has 2 heterocycles. The van der Waals surface area contributed by atoms with Gasteiger partial charge in [0.25, 0.3) is 5.56 Å². The number of hydrogen-bond acceptors (Lipinski definition) is 5. The van der Waals surface area contributed by atoms with Crippen molar-refractivity contribution in [1.29, 1.82) is 0 Å². The molecule has 4 nitrogen and oxygen atoms in total. The Labute approximate surface area is 203 Å². The number of rotatable bonds is 10. The van der Waals surface area contributed by atoms with Gasteiger partial charge in [-0.05, 0) is 44.4 Å². The normalized spacial score (nSPS) is 11.1. The Balaban J connectivity index is 1.45. The molecule has 6 heteroatoms. The zero-order chi connectivity index (χ0) is 23.2. The second-order valence-electron chi connectivity index (χ2n) is 8.01. The molecule has 0 N–H and O–H groups in total. The van der Waals surface area contributed by atoms with Gasteiger partial charge >= 0.3 is 0 Å². The number of allylic oxidation sites excluding steroid dienone is 1. The summed E-state index contributed by atoms with van der Waals surface area (Å²) in [6.45, 7) is 9.10. The minimum Gasteiger partial charge on any atom is -0.494 e. The summed E-state index contributed by atoms with van der Waals surface area (Å²) in [7, 11) is 0. The molecule has 0 atom stereocenters. The standard InChI is InChI=1S/C27H28N2O2S2/c1-4-15-29-26(30)24-23(21-11-7-19(2)8-12-21)18-33-25(24)28-27(29)32-17-6-5-16-31-22-13-9-20(3)10-14-22/h4,7-14,18H,1,5-6,15-17H2,2-3H3. The lowest BCUT2D eigenvalue weighted by atomic mass is 10.1. The van der Waals surface area contributed by atoms with Crippen molar-refractivity contribution < 1.29 is 4.74 Å². The van der Waals surface area contributed by atoms with Crippen LogP contribution in [0.2, 0.25) is 0 Å². The van der Waals surface area contributed by atoms with Gasteiger partial charge in [0.2, 0.25) is 0 Å². The first-order valence-electron chi connectivity index (χ1n) is 11.1. The highest BCUT2D eigenvalue weighted by atomic mass is 32.2. The van der Waals surface area contributed by atoms with Crippen LogP contribution in [-0.4, -0.2) is 21.9 Å². The Bertz CT molecular complexity index is 1290. The number of hydrogen-bond donors (Lipinski definition) is 0. The molecular weight excluding hydrogens is 448 g/mol. The molecule has 0 saturated carbocycles. The molecule has 2 aromatic heterocycles. The van der Waals surface area contributed by atoms with Crippen LogP contribution in [0.4, 0.5) is 0 Å². The molecule has 0 unspecified atom stereocenters. The van der Waals surface area contributed by atoms with Crippen molar-refractivity contribution in [2.24, 2.45) is 0 Å². The molecule has 4 aromatic rings. The molecule has 0 aliphatic carbocycles. The zero-order valence-electron chi connectivity index (χ0n) is 19.0. The van der Waals surface area contributed by atoms with Gasteiger partial charge in [0, 0.05) is 23.2 Å². The quantitative estimate of drug-likeness (QED) is 0.108. The van der Waals surface area contributed by atoms with Crippen LogP contribution in [0.15, 0.2) is 76.5 Å². The van der Waals surface area contributed by atoms with E-state index < -0.39 is 0 Å². The average molecular weight is 477 g/mol. The lowest BCUT2D eigenvalue weighted by Gasteiger charge is -2.11. The van der Waals surface area contributed by atoms with Crippen molar-refractivity contribution in [2.45, 2.75) is 38.4 Å². The predicted molar refractivity (Wildman–Crippen MR) is 141 cm³/mol. The maximum Gasteiger partial charge on any atom is 0.263 e. The van der Waals surface area contributed by atoms with Gasteiger partial charge in [-0.1, -0.05) is 65.4 Å². The third-order valence-corrected chi connectivity index (χ3v) is 7.33. The van der Waals surface area contributed by atoms with Crippen molar-refractivity contribution in [3.63, 3.8) is 0 Å². The number of aromatic nitrogens is 2. The van der Waals surface area contributed by atoms with Gasteiger partial charge < -0.3 is 4.74 Å². The van der Waals surface area contributed by atoms with Gasteiger partial charge in [-0.15, -0.1) is 17.9 Å². The van der Waals surface area contributed by atoms with Gasteiger partial charge in [0.15, 0.2) is 5.16 Å². The Morgan fingerprint density at radius 2 is 1.76 bits per heavy atom. The molecule has 4 rings (SSSR count). The zero-order valence-corrected chi connectivity index (χ0v) is 20.7. The lowest BCUT2D eigenvalue weighted by Crippen LogP contribution is -2.22. The van der Waals surface area contributed by atoms with Crippen molar-refractivity contribution in [2.75, 3.05) is 12.4 Å². The molecule has 170 valence electrons. The van der Waals surface area contributed by atoms with Crippen molar-refractivity contribution in [3.05, 3.63) is 88.0 Å². The second-order valence-corrected chi connectivity index (χ2v) is 9.93. The summed E-state index contributed by atoms with van der Waals surface area (Å²) >= 11 is 3.16. The number of ether oxygens (including phenoxy) is 1. The summed E-state index contributed by atoms with van der Waals surface area (Å²) in [4.78, 5) is 19.1. The summed E-state index contributed by atoms with van der Waals surface area (Å²) in [6, 6.07) is 16.4. The van der Waals surface area contributed by atoms with E-state index >= 15 is 0 Å². The van der Waals surface area contributed by atoms with Crippen LogP contribution in [0, 0.1) is 13.8 Å². The van der Waals surface area contributed by atoms with Crippen molar-refractivity contribution in [1.82, 2.24) is 9.55 Å². The molecule has 0 amide bonds. The summed E-state index contributed by atoms with van der Waals surface area (Å²) in [6.07, 6.45) is 3.69. The van der Waals surface area contributed by atoms with E-state index in [1.54, 1.807) is 22.4 Å². The molecule has 0 aliphatic heterocycles. The summed E-state index contributed by atoms with van der Waals surface area (Å²) in [5, 5.41) is 3.49. The molecule has 33 heavy (non-hydrogen) atoms. The molecule has 0 aliphatic rings. The third kappa shape index (κ3) is 5.57. The number of thioether (sulfide) groups is 1. The fourth-order valence-corrected chi connectivity index (χ4v) is 5.54. The fourth-order valence-electron chi connectivity index (χ4n) is 3.54. The summed E-state index contributed by atoms with van der Waals surface area (Å²) in [5.41, 5.74) is 4.43. The molecule has 2 aromatic carbocycles. The SMILES string of the molecule is C=CCn1c(SCCCCOc2ccc(C)cc2)nc2scc(-c3ccc(C)cc3)c2c1=O. The van der Waals surface area contributed by atoms with E-state index in [1.807, 2.05) is 17.5 Å². The minimum absolute atomic E-state index is 0.00179. The third-order valence-electron chi connectivity index (χ3n) is 5.39. The Morgan fingerprint density at radius 1 is 1.06 bits per heavy atom. The van der Waals surface area contributed by atoms with Crippen LogP contribution in [0.3, 0.4) is 0 Å². The van der Waals surface area contributed by atoms with Gasteiger partial charge in [0.1, 0.15) is 10.6 Å². The maximum absolute atomic E-state index is 13.4. The predicted octanol–water partition coefficient (Wildman–Crippen LogP) is 6.88. The van der Waals surface area contributed by atoms with Crippen molar-refractivity contribution >= 4 is 33.3 Å². The van der Waals surface area contributed by atoms with Gasteiger partial charge in [0.05, 0.1) is 12.0 Å². The van der Waals surface area contributed by atoms with E-state index in [-0.39, 0.29) is 5.56 Å². The topological polar surface area (TPSA) is 44.1 Å². The Hall–Kier alpha value is -2.83. The lowest BCUT2D eigenvalue weighted by molar-refractivity contribution is 0.310. The largest absolute Gasteiger partial charge is 0.494 e. The first-order valence-corrected chi connectivity index (χ1v) is 13.0. The Kier molecular flexibility index (Phi) is 7.68. The monoisotopic (exact) mass is 476 g/mol. The van der Waals surface area contributed by atoms with Crippen LogP contribution >= 0.6 is 23.1 Å². The van der Waals surface area contributed by atoms with Crippen LogP contribution in [0.5, 0.6) is 5.75 Å². The smallest absolute Gasteiger partial charge is 0.263 e. The minimum atomic E-state index is 0.00179. The number of nitrogens with zero attached hydrogens (tertiary/aromatic N) is 2. The fraction of sp³-hybridized carbons (Fsp3) is 0.259. The van der Waals surface area contributed by atoms with E-state index in [4.69, 9.17) is 9.72 Å². The average Bonchev–Trinajstić information content (AvgIpc) is 3.24. The number of thiophene rings is 1. The van der Waals surface area contributed by atoms with Crippen LogP contribution in [0.25, 0.3) is 21.3 Å². The van der Waals surface area contributed by atoms with Gasteiger partial charge in [-0.2, -0.15) is 0 Å². The molecule has 0 saturated heterocycles. The van der Waals surface area contributed by atoms with E-state index in [9.17, 15) is 4.79 Å². The number of aryl methyl sites for hydroxylation is 2.